The van der Waals surface area contributed by atoms with Gasteiger partial charge in [-0.3, -0.25) is 15.0 Å². The van der Waals surface area contributed by atoms with Crippen LogP contribution in [0.15, 0.2) is 54.7 Å². The summed E-state index contributed by atoms with van der Waals surface area (Å²) in [4.78, 5) is 12.3. The number of likely N-dealkylation sites (tertiary alicyclic amines) is 1. The number of non-ortho nitro benzene ring substituents is 1. The molecule has 0 saturated carbocycles. The Morgan fingerprint density at radius 1 is 1.09 bits per heavy atom. The zero-order valence-corrected chi connectivity index (χ0v) is 18.4. The second-order valence-electron chi connectivity index (χ2n) is 8.87. The predicted molar refractivity (Wildman–Crippen MR) is 120 cm³/mol. The van der Waals surface area contributed by atoms with Gasteiger partial charge in [-0.2, -0.15) is 13.2 Å². The van der Waals surface area contributed by atoms with Gasteiger partial charge in [0.25, 0.3) is 5.69 Å². The maximum absolute atomic E-state index is 14.4. The van der Waals surface area contributed by atoms with Crippen LogP contribution in [0.3, 0.4) is 0 Å². The first kappa shape index (κ1) is 24.2. The van der Waals surface area contributed by atoms with Crippen LogP contribution in [0.2, 0.25) is 0 Å². The van der Waals surface area contributed by atoms with Crippen molar-refractivity contribution in [1.82, 2.24) is 9.47 Å². The summed E-state index contributed by atoms with van der Waals surface area (Å²) in [5.74, 6) is 0.0450. The molecule has 2 heterocycles. The molecule has 0 spiro atoms. The molecule has 1 aliphatic heterocycles. The van der Waals surface area contributed by atoms with E-state index >= 15 is 0 Å². The van der Waals surface area contributed by atoms with Gasteiger partial charge in [0.2, 0.25) is 5.60 Å². The van der Waals surface area contributed by atoms with Crippen LogP contribution in [0.1, 0.15) is 24.0 Å². The monoisotopic (exact) mass is 477 g/mol. The number of aromatic nitrogens is 1. The number of nitrogens with zero attached hydrogens (tertiary/aromatic N) is 3. The SMILES string of the molecule is O=[N+]([O-])c1ccc2c(C(O)(CN3CCC(CO)CC3)C(F)(F)F)cn(Cc3ccccc3)c2c1. The first-order chi connectivity index (χ1) is 16.1. The Bertz CT molecular complexity index is 1160. The molecule has 4 rings (SSSR count). The zero-order valence-electron chi connectivity index (χ0n) is 18.4. The van der Waals surface area contributed by atoms with E-state index in [2.05, 4.69) is 0 Å². The third-order valence-corrected chi connectivity index (χ3v) is 6.60. The average molecular weight is 477 g/mol. The molecule has 0 amide bonds. The number of aliphatic hydroxyl groups is 2. The number of β-amino-alcohol motifs (C(OH)–C–C–N with tert-alkyl or cyclic N) is 1. The molecule has 1 aliphatic rings. The summed E-state index contributed by atoms with van der Waals surface area (Å²) >= 11 is 0. The Morgan fingerprint density at radius 2 is 1.76 bits per heavy atom. The molecule has 1 saturated heterocycles. The largest absolute Gasteiger partial charge is 0.422 e. The van der Waals surface area contributed by atoms with E-state index in [9.17, 15) is 33.5 Å². The lowest BCUT2D eigenvalue weighted by Gasteiger charge is -2.38. The van der Waals surface area contributed by atoms with E-state index in [1.807, 2.05) is 18.2 Å². The lowest BCUT2D eigenvalue weighted by atomic mass is 9.90. The highest BCUT2D eigenvalue weighted by atomic mass is 19.4. The Morgan fingerprint density at radius 3 is 2.35 bits per heavy atom. The molecular weight excluding hydrogens is 451 g/mol. The van der Waals surface area contributed by atoms with Gasteiger partial charge in [0.15, 0.2) is 0 Å². The minimum Gasteiger partial charge on any atom is -0.396 e. The molecule has 0 aliphatic carbocycles. The van der Waals surface area contributed by atoms with Gasteiger partial charge >= 0.3 is 6.18 Å². The van der Waals surface area contributed by atoms with Crippen LogP contribution < -0.4 is 0 Å². The number of hydrogen-bond donors (Lipinski definition) is 2. The number of alkyl halides is 3. The number of fused-ring (bicyclic) bond motifs is 1. The number of benzene rings is 2. The lowest BCUT2D eigenvalue weighted by Crippen LogP contribution is -2.52. The molecule has 1 aromatic heterocycles. The molecule has 0 bridgehead atoms. The van der Waals surface area contributed by atoms with Crippen molar-refractivity contribution in [3.05, 3.63) is 76.0 Å². The topological polar surface area (TPSA) is 91.8 Å². The van der Waals surface area contributed by atoms with E-state index in [-0.39, 0.29) is 41.2 Å². The fourth-order valence-electron chi connectivity index (χ4n) is 4.61. The Balaban J connectivity index is 1.80. The van der Waals surface area contributed by atoms with Gasteiger partial charge < -0.3 is 14.8 Å². The average Bonchev–Trinajstić information content (AvgIpc) is 3.17. The van der Waals surface area contributed by atoms with Gasteiger partial charge in [-0.05, 0) is 43.5 Å². The molecule has 1 unspecified atom stereocenters. The molecule has 34 heavy (non-hydrogen) atoms. The van der Waals surface area contributed by atoms with Crippen LogP contribution in [0.25, 0.3) is 10.9 Å². The van der Waals surface area contributed by atoms with Crippen molar-refractivity contribution in [2.75, 3.05) is 26.2 Å². The highest BCUT2D eigenvalue weighted by Gasteiger charge is 2.57. The summed E-state index contributed by atoms with van der Waals surface area (Å²) in [6.07, 6.45) is -2.62. The minimum absolute atomic E-state index is 0.0108. The van der Waals surface area contributed by atoms with E-state index in [1.165, 1.54) is 22.9 Å². The van der Waals surface area contributed by atoms with E-state index in [0.29, 0.717) is 25.9 Å². The Hall–Kier alpha value is -2.95. The smallest absolute Gasteiger partial charge is 0.396 e. The fraction of sp³-hybridized carbons (Fsp3) is 0.417. The molecular formula is C24H26F3N3O4. The molecule has 2 N–H and O–H groups in total. The third kappa shape index (κ3) is 4.66. The summed E-state index contributed by atoms with van der Waals surface area (Å²) in [6.45, 7) is 0.184. The number of nitro groups is 1. The Labute approximate surface area is 194 Å². The van der Waals surface area contributed by atoms with Gasteiger partial charge in [-0.1, -0.05) is 30.3 Å². The molecule has 0 radical (unpaired) electrons. The molecule has 2 aromatic carbocycles. The maximum Gasteiger partial charge on any atom is 0.422 e. The molecule has 1 atom stereocenters. The number of piperidine rings is 1. The van der Waals surface area contributed by atoms with Crippen LogP contribution in [-0.2, 0) is 12.1 Å². The fourth-order valence-corrected chi connectivity index (χ4v) is 4.61. The van der Waals surface area contributed by atoms with Crippen molar-refractivity contribution < 1.29 is 28.3 Å². The van der Waals surface area contributed by atoms with Crippen LogP contribution >= 0.6 is 0 Å². The highest BCUT2D eigenvalue weighted by Crippen LogP contribution is 2.44. The second kappa shape index (κ2) is 9.36. The van der Waals surface area contributed by atoms with Gasteiger partial charge in [0.05, 0.1) is 10.4 Å². The van der Waals surface area contributed by atoms with Crippen molar-refractivity contribution in [3.63, 3.8) is 0 Å². The number of aliphatic hydroxyl groups excluding tert-OH is 1. The van der Waals surface area contributed by atoms with E-state index in [1.54, 1.807) is 17.0 Å². The summed E-state index contributed by atoms with van der Waals surface area (Å²) in [7, 11) is 0. The standard InChI is InChI=1S/C24H26F3N3O4/c25-24(26,27)23(32,16-28-10-8-18(15-31)9-11-28)21-14-29(13-17-4-2-1-3-5-17)22-12-19(30(33)34)6-7-20(21)22/h1-7,12,14,18,31-32H,8-11,13,15-16H2. The minimum atomic E-state index is -4.98. The molecule has 10 heteroatoms. The lowest BCUT2D eigenvalue weighted by molar-refractivity contribution is -0.384. The Kier molecular flexibility index (Phi) is 6.66. The van der Waals surface area contributed by atoms with Crippen LogP contribution in [-0.4, -0.2) is 57.0 Å². The molecule has 7 nitrogen and oxygen atoms in total. The van der Waals surface area contributed by atoms with E-state index in [0.717, 1.165) is 11.6 Å². The third-order valence-electron chi connectivity index (χ3n) is 6.60. The van der Waals surface area contributed by atoms with E-state index < -0.39 is 23.2 Å². The number of halogens is 3. The first-order valence-electron chi connectivity index (χ1n) is 11.1. The zero-order chi connectivity index (χ0) is 24.5. The van der Waals surface area contributed by atoms with Gasteiger partial charge in [0.1, 0.15) is 0 Å². The quantitative estimate of drug-likeness (QED) is 0.396. The first-order valence-corrected chi connectivity index (χ1v) is 11.1. The van der Waals surface area contributed by atoms with Crippen LogP contribution in [0.4, 0.5) is 18.9 Å². The summed E-state index contributed by atoms with van der Waals surface area (Å²) in [5, 5.41) is 32.0. The number of hydrogen-bond acceptors (Lipinski definition) is 5. The van der Waals surface area contributed by atoms with Gasteiger partial charge in [-0.25, -0.2) is 0 Å². The van der Waals surface area contributed by atoms with Gasteiger partial charge in [0, 0.05) is 49.0 Å². The van der Waals surface area contributed by atoms with Crippen molar-refractivity contribution in [2.45, 2.75) is 31.2 Å². The van der Waals surface area contributed by atoms with Crippen molar-refractivity contribution in [3.8, 4) is 0 Å². The molecule has 182 valence electrons. The summed E-state index contributed by atoms with van der Waals surface area (Å²) in [5.41, 5.74) is -2.69. The number of rotatable bonds is 7. The summed E-state index contributed by atoms with van der Waals surface area (Å²) < 4.78 is 44.8. The van der Waals surface area contributed by atoms with E-state index in [4.69, 9.17) is 0 Å². The predicted octanol–water partition coefficient (Wildman–Crippen LogP) is 4.05. The van der Waals surface area contributed by atoms with Crippen LogP contribution in [0, 0.1) is 16.0 Å². The van der Waals surface area contributed by atoms with Crippen LogP contribution in [0.5, 0.6) is 0 Å². The van der Waals surface area contributed by atoms with Gasteiger partial charge in [-0.15, -0.1) is 0 Å². The maximum atomic E-state index is 14.4. The normalized spacial score (nSPS) is 17.7. The second-order valence-corrected chi connectivity index (χ2v) is 8.87. The summed E-state index contributed by atoms with van der Waals surface area (Å²) in [6, 6.07) is 12.7. The van der Waals surface area contributed by atoms with Crippen molar-refractivity contribution >= 4 is 16.6 Å². The highest BCUT2D eigenvalue weighted by molar-refractivity contribution is 5.87. The number of nitro benzene ring substituents is 1. The van der Waals surface area contributed by atoms with Crippen molar-refractivity contribution in [1.29, 1.82) is 0 Å². The van der Waals surface area contributed by atoms with Crippen molar-refractivity contribution in [2.24, 2.45) is 5.92 Å². The molecule has 1 fully saturated rings. The molecule has 3 aromatic rings.